The standard InChI is InChI=1S/C19H17ClF3N5OS/c1-18(2,28-10-5-3-9(20)4-6-10)16(29)27-17-26-14-12(19(21,22)23)7-13(25)11(8-24)15(14)30-17/h3-8,24,28H,25H2,1-2H3,(H,26,27,29). The molecule has 11 heteroatoms. The number of hydrogen-bond donors (Lipinski definition) is 4. The third-order valence-corrected chi connectivity index (χ3v) is 5.53. The van der Waals surface area contributed by atoms with Crippen LogP contribution in [0.15, 0.2) is 30.3 Å². The number of halogens is 4. The van der Waals surface area contributed by atoms with E-state index in [0.717, 1.165) is 23.6 Å². The lowest BCUT2D eigenvalue weighted by molar-refractivity contribution is -0.136. The second kappa shape index (κ2) is 7.77. The first-order chi connectivity index (χ1) is 13.9. The average molecular weight is 456 g/mol. The normalized spacial score (nSPS) is 12.1. The molecule has 0 bridgehead atoms. The van der Waals surface area contributed by atoms with Crippen molar-refractivity contribution in [3.05, 3.63) is 46.5 Å². The van der Waals surface area contributed by atoms with Gasteiger partial charge in [-0.1, -0.05) is 22.9 Å². The molecule has 0 saturated heterocycles. The molecule has 0 saturated carbocycles. The maximum atomic E-state index is 13.4. The lowest BCUT2D eigenvalue weighted by Gasteiger charge is -2.25. The Kier molecular flexibility index (Phi) is 5.66. The first-order valence-electron chi connectivity index (χ1n) is 8.58. The number of hydrogen-bond acceptors (Lipinski definition) is 6. The van der Waals surface area contributed by atoms with Gasteiger partial charge in [-0.05, 0) is 44.2 Å². The van der Waals surface area contributed by atoms with Crippen molar-refractivity contribution < 1.29 is 18.0 Å². The summed E-state index contributed by atoms with van der Waals surface area (Å²) in [6.45, 7) is 3.23. The molecule has 3 aromatic rings. The van der Waals surface area contributed by atoms with Gasteiger partial charge in [-0.2, -0.15) is 13.2 Å². The largest absolute Gasteiger partial charge is 0.418 e. The van der Waals surface area contributed by atoms with E-state index < -0.39 is 23.2 Å². The van der Waals surface area contributed by atoms with Crippen LogP contribution >= 0.6 is 22.9 Å². The van der Waals surface area contributed by atoms with Crippen LogP contribution in [0.4, 0.5) is 29.7 Å². The molecule has 0 spiro atoms. The molecule has 3 rings (SSSR count). The molecule has 158 valence electrons. The van der Waals surface area contributed by atoms with Crippen LogP contribution in [0.25, 0.3) is 10.2 Å². The zero-order valence-corrected chi connectivity index (χ0v) is 17.4. The zero-order valence-electron chi connectivity index (χ0n) is 15.8. The molecule has 6 nitrogen and oxygen atoms in total. The number of carbonyl (C=O) groups excluding carboxylic acids is 1. The Bertz CT molecular complexity index is 1130. The fourth-order valence-electron chi connectivity index (χ4n) is 2.74. The van der Waals surface area contributed by atoms with Crippen LogP contribution in [0.3, 0.4) is 0 Å². The van der Waals surface area contributed by atoms with Gasteiger partial charge < -0.3 is 16.5 Å². The van der Waals surface area contributed by atoms with Gasteiger partial charge in [0.05, 0.1) is 15.8 Å². The molecule has 0 radical (unpaired) electrons. The molecular weight excluding hydrogens is 439 g/mol. The summed E-state index contributed by atoms with van der Waals surface area (Å²) in [7, 11) is 0. The summed E-state index contributed by atoms with van der Waals surface area (Å²) in [6, 6.07) is 7.47. The summed E-state index contributed by atoms with van der Waals surface area (Å²) in [5.74, 6) is -0.505. The summed E-state index contributed by atoms with van der Waals surface area (Å²) in [5.41, 5.74) is 3.78. The number of benzene rings is 2. The van der Waals surface area contributed by atoms with E-state index in [1.165, 1.54) is 0 Å². The number of nitrogens with zero attached hydrogens (tertiary/aromatic N) is 1. The summed E-state index contributed by atoms with van der Waals surface area (Å²) in [4.78, 5) is 16.7. The Balaban J connectivity index is 1.94. The SMILES string of the molecule is CC(C)(Nc1ccc(Cl)cc1)C(=O)Nc1nc2c(C(F)(F)F)cc(N)c(C=N)c2s1. The van der Waals surface area contributed by atoms with Gasteiger partial charge >= 0.3 is 6.18 Å². The minimum Gasteiger partial charge on any atom is -0.398 e. The van der Waals surface area contributed by atoms with Gasteiger partial charge in [0.25, 0.3) is 5.91 Å². The highest BCUT2D eigenvalue weighted by molar-refractivity contribution is 7.22. The van der Waals surface area contributed by atoms with E-state index in [0.29, 0.717) is 10.7 Å². The Labute approximate surface area is 178 Å². The highest BCUT2D eigenvalue weighted by Gasteiger charge is 2.36. The number of rotatable bonds is 5. The monoisotopic (exact) mass is 455 g/mol. The maximum absolute atomic E-state index is 13.4. The van der Waals surface area contributed by atoms with Gasteiger partial charge in [0.2, 0.25) is 0 Å². The Hall–Kier alpha value is -2.85. The van der Waals surface area contributed by atoms with Gasteiger partial charge in [-0.25, -0.2) is 4.98 Å². The number of thiazole rings is 1. The number of nitrogens with one attached hydrogen (secondary N) is 3. The van der Waals surface area contributed by atoms with Gasteiger partial charge in [-0.3, -0.25) is 10.1 Å². The number of aromatic nitrogens is 1. The lowest BCUT2D eigenvalue weighted by atomic mass is 10.0. The fraction of sp³-hybridized carbons (Fsp3) is 0.211. The van der Waals surface area contributed by atoms with Crippen LogP contribution < -0.4 is 16.4 Å². The summed E-state index contributed by atoms with van der Waals surface area (Å²) < 4.78 is 40.3. The molecule has 0 atom stereocenters. The second-order valence-corrected chi connectivity index (χ2v) is 8.41. The quantitative estimate of drug-likeness (QED) is 0.306. The number of anilines is 3. The van der Waals surface area contributed by atoms with Crippen LogP contribution in [-0.4, -0.2) is 22.6 Å². The lowest BCUT2D eigenvalue weighted by Crippen LogP contribution is -2.44. The zero-order chi connectivity index (χ0) is 22.3. The predicted octanol–water partition coefficient (Wildman–Crippen LogP) is 5.38. The van der Waals surface area contributed by atoms with Gasteiger partial charge in [0, 0.05) is 28.2 Å². The van der Waals surface area contributed by atoms with Gasteiger partial charge in [0.15, 0.2) is 5.13 Å². The van der Waals surface area contributed by atoms with Crippen molar-refractivity contribution in [2.45, 2.75) is 25.6 Å². The van der Waals surface area contributed by atoms with Crippen LogP contribution in [0.1, 0.15) is 25.0 Å². The number of amides is 1. The highest BCUT2D eigenvalue weighted by atomic mass is 35.5. The Morgan fingerprint density at radius 3 is 2.47 bits per heavy atom. The molecule has 1 heterocycles. The van der Waals surface area contributed by atoms with Crippen molar-refractivity contribution in [1.82, 2.24) is 4.98 Å². The van der Waals surface area contributed by atoms with Crippen LogP contribution in [0.2, 0.25) is 5.02 Å². The predicted molar refractivity (Wildman–Crippen MR) is 115 cm³/mol. The van der Waals surface area contributed by atoms with Crippen molar-refractivity contribution in [3.8, 4) is 0 Å². The molecule has 0 aliphatic heterocycles. The minimum absolute atomic E-state index is 0.0276. The van der Waals surface area contributed by atoms with Crippen molar-refractivity contribution in [3.63, 3.8) is 0 Å². The van der Waals surface area contributed by atoms with E-state index in [1.807, 2.05) is 0 Å². The van der Waals surface area contributed by atoms with E-state index in [9.17, 15) is 18.0 Å². The number of nitrogen functional groups attached to an aromatic ring is 1. The van der Waals surface area contributed by atoms with Gasteiger partial charge in [0.1, 0.15) is 5.54 Å². The highest BCUT2D eigenvalue weighted by Crippen LogP contribution is 2.41. The minimum atomic E-state index is -4.68. The molecule has 0 fully saturated rings. The smallest absolute Gasteiger partial charge is 0.398 e. The molecule has 1 aromatic heterocycles. The first kappa shape index (κ1) is 21.8. The van der Waals surface area contributed by atoms with Crippen molar-refractivity contribution in [2.75, 3.05) is 16.4 Å². The van der Waals surface area contributed by atoms with E-state index in [1.54, 1.807) is 38.1 Å². The molecule has 1 amide bonds. The molecular formula is C19H17ClF3N5OS. The first-order valence-corrected chi connectivity index (χ1v) is 9.77. The number of carbonyl (C=O) groups is 1. The molecule has 30 heavy (non-hydrogen) atoms. The molecule has 0 aliphatic rings. The Morgan fingerprint density at radius 1 is 1.27 bits per heavy atom. The van der Waals surface area contributed by atoms with Crippen molar-refractivity contribution in [1.29, 1.82) is 5.41 Å². The Morgan fingerprint density at radius 2 is 1.90 bits per heavy atom. The summed E-state index contributed by atoms with van der Waals surface area (Å²) in [5, 5.41) is 13.6. The molecule has 2 aromatic carbocycles. The van der Waals surface area contributed by atoms with Crippen LogP contribution in [0, 0.1) is 5.41 Å². The topological polar surface area (TPSA) is 104 Å². The van der Waals surface area contributed by atoms with Crippen LogP contribution in [-0.2, 0) is 11.0 Å². The van der Waals surface area contributed by atoms with E-state index in [4.69, 9.17) is 22.7 Å². The molecule has 0 unspecified atom stereocenters. The number of fused-ring (bicyclic) bond motifs is 1. The number of nitrogens with two attached hydrogens (primary N) is 1. The van der Waals surface area contributed by atoms with Crippen molar-refractivity contribution in [2.24, 2.45) is 0 Å². The summed E-state index contributed by atoms with van der Waals surface area (Å²) >= 11 is 6.68. The van der Waals surface area contributed by atoms with E-state index in [-0.39, 0.29) is 26.6 Å². The third-order valence-electron chi connectivity index (χ3n) is 4.28. The van der Waals surface area contributed by atoms with Crippen molar-refractivity contribution >= 4 is 61.8 Å². The maximum Gasteiger partial charge on any atom is 0.418 e. The van der Waals surface area contributed by atoms with Gasteiger partial charge in [-0.15, -0.1) is 0 Å². The fourth-order valence-corrected chi connectivity index (χ4v) is 3.88. The molecule has 5 N–H and O–H groups in total. The van der Waals surface area contributed by atoms with E-state index >= 15 is 0 Å². The second-order valence-electron chi connectivity index (χ2n) is 6.98. The van der Waals surface area contributed by atoms with E-state index in [2.05, 4.69) is 15.6 Å². The van der Waals surface area contributed by atoms with Crippen LogP contribution in [0.5, 0.6) is 0 Å². The third kappa shape index (κ3) is 4.34. The average Bonchev–Trinajstić information content (AvgIpc) is 3.05. The number of alkyl halides is 3. The molecule has 0 aliphatic carbocycles. The summed E-state index contributed by atoms with van der Waals surface area (Å²) in [6.07, 6.45) is -3.81.